The highest BCUT2D eigenvalue weighted by atomic mass is 16.4. The van der Waals surface area contributed by atoms with Gasteiger partial charge in [0.2, 0.25) is 0 Å². The predicted molar refractivity (Wildman–Crippen MR) is 64.1 cm³/mol. The molecule has 0 aliphatic heterocycles. The molecule has 2 rings (SSSR count). The highest BCUT2D eigenvalue weighted by Gasteiger charge is 2.65. The molecule has 0 spiro atoms. The summed E-state index contributed by atoms with van der Waals surface area (Å²) in [6.45, 7) is 10.8. The maximum atomic E-state index is 11.4. The third-order valence-electron chi connectivity index (χ3n) is 6.22. The minimum Gasteiger partial charge on any atom is -0.481 e. The van der Waals surface area contributed by atoms with Gasteiger partial charge in [-0.05, 0) is 55.8 Å². The number of aliphatic carboxylic acids is 1. The summed E-state index contributed by atoms with van der Waals surface area (Å²) in [6.07, 6.45) is 3.59. The minimum atomic E-state index is -0.637. The summed E-state index contributed by atoms with van der Waals surface area (Å²) in [5.74, 6) is 0.412. The van der Waals surface area contributed by atoms with Crippen LogP contribution in [0, 0.1) is 28.1 Å². The van der Waals surface area contributed by atoms with E-state index in [1.54, 1.807) is 0 Å². The topological polar surface area (TPSA) is 37.3 Å². The van der Waals surface area contributed by atoms with Crippen LogP contribution in [-0.2, 0) is 4.79 Å². The number of carbonyl (C=O) groups is 1. The second-order valence-corrected chi connectivity index (χ2v) is 7.19. The molecule has 0 aromatic carbocycles. The number of hydrogen-bond acceptors (Lipinski definition) is 1. The van der Waals surface area contributed by atoms with Gasteiger partial charge >= 0.3 is 5.97 Å². The molecule has 3 atom stereocenters. The number of carboxylic acid groups (broad SMARTS) is 1. The first kappa shape index (κ1) is 11.9. The van der Waals surface area contributed by atoms with Crippen molar-refractivity contribution in [3.63, 3.8) is 0 Å². The van der Waals surface area contributed by atoms with E-state index in [0.717, 1.165) is 12.3 Å². The van der Waals surface area contributed by atoms with E-state index < -0.39 is 11.4 Å². The summed E-state index contributed by atoms with van der Waals surface area (Å²) in [5, 5.41) is 9.41. The van der Waals surface area contributed by atoms with Crippen molar-refractivity contribution in [3.8, 4) is 0 Å². The monoisotopic (exact) mass is 224 g/mol. The zero-order valence-corrected chi connectivity index (χ0v) is 11.1. The third kappa shape index (κ3) is 1.16. The van der Waals surface area contributed by atoms with E-state index in [4.69, 9.17) is 0 Å². The molecule has 0 heterocycles. The van der Waals surface area contributed by atoms with Crippen LogP contribution in [0.15, 0.2) is 0 Å². The fourth-order valence-electron chi connectivity index (χ4n) is 4.44. The lowest BCUT2D eigenvalue weighted by molar-refractivity contribution is -0.154. The van der Waals surface area contributed by atoms with Crippen molar-refractivity contribution in [1.82, 2.24) is 0 Å². The average Bonchev–Trinajstić information content (AvgIpc) is 2.48. The van der Waals surface area contributed by atoms with Crippen LogP contribution in [0.25, 0.3) is 0 Å². The van der Waals surface area contributed by atoms with Gasteiger partial charge in [-0.2, -0.15) is 0 Å². The van der Waals surface area contributed by atoms with E-state index in [1.807, 2.05) is 13.8 Å². The van der Waals surface area contributed by atoms with Crippen LogP contribution >= 0.6 is 0 Å². The Morgan fingerprint density at radius 2 is 1.88 bits per heavy atom. The van der Waals surface area contributed by atoms with Crippen LogP contribution in [0.5, 0.6) is 0 Å². The Hall–Kier alpha value is -0.530. The van der Waals surface area contributed by atoms with Gasteiger partial charge in [-0.3, -0.25) is 4.79 Å². The first-order chi connectivity index (χ1) is 7.14. The molecule has 0 radical (unpaired) electrons. The van der Waals surface area contributed by atoms with E-state index >= 15 is 0 Å². The Balaban J connectivity index is 2.39. The molecular weight excluding hydrogens is 200 g/mol. The number of rotatable bonds is 2. The Labute approximate surface area is 98.4 Å². The minimum absolute atomic E-state index is 0.208. The van der Waals surface area contributed by atoms with Gasteiger partial charge in [0.1, 0.15) is 0 Å². The van der Waals surface area contributed by atoms with Crippen molar-refractivity contribution >= 4 is 5.97 Å². The molecule has 0 saturated heterocycles. The largest absolute Gasteiger partial charge is 0.481 e. The van der Waals surface area contributed by atoms with Crippen molar-refractivity contribution in [2.75, 3.05) is 0 Å². The second-order valence-electron chi connectivity index (χ2n) is 7.19. The Bertz CT molecular complexity index is 330. The molecule has 2 aliphatic rings. The molecule has 16 heavy (non-hydrogen) atoms. The summed E-state index contributed by atoms with van der Waals surface area (Å²) in [5.41, 5.74) is -0.0644. The van der Waals surface area contributed by atoms with Crippen LogP contribution in [0.3, 0.4) is 0 Å². The number of hydrogen-bond donors (Lipinski definition) is 1. The SMILES string of the molecule is CC(C)(C(=O)O)C1C[C@@H]2CCC1(C)C2(C)C. The van der Waals surface area contributed by atoms with Crippen LogP contribution in [0.1, 0.15) is 53.9 Å². The van der Waals surface area contributed by atoms with Crippen molar-refractivity contribution < 1.29 is 9.90 Å². The Morgan fingerprint density at radius 1 is 1.31 bits per heavy atom. The van der Waals surface area contributed by atoms with Crippen molar-refractivity contribution in [1.29, 1.82) is 0 Å². The Morgan fingerprint density at radius 3 is 2.19 bits per heavy atom. The first-order valence-electron chi connectivity index (χ1n) is 6.37. The summed E-state index contributed by atoms with van der Waals surface area (Å²) in [7, 11) is 0. The highest BCUT2D eigenvalue weighted by molar-refractivity contribution is 5.74. The quantitative estimate of drug-likeness (QED) is 0.778. The van der Waals surface area contributed by atoms with E-state index in [1.165, 1.54) is 12.8 Å². The molecule has 2 bridgehead atoms. The van der Waals surface area contributed by atoms with Gasteiger partial charge in [0, 0.05) is 0 Å². The molecule has 2 aliphatic carbocycles. The normalized spacial score (nSPS) is 41.3. The summed E-state index contributed by atoms with van der Waals surface area (Å²) >= 11 is 0. The fourth-order valence-corrected chi connectivity index (χ4v) is 4.44. The molecular formula is C14H24O2. The first-order valence-corrected chi connectivity index (χ1v) is 6.37. The molecule has 2 nitrogen and oxygen atoms in total. The van der Waals surface area contributed by atoms with E-state index in [0.29, 0.717) is 11.3 Å². The molecule has 2 saturated carbocycles. The number of carboxylic acids is 1. The van der Waals surface area contributed by atoms with E-state index in [9.17, 15) is 9.90 Å². The van der Waals surface area contributed by atoms with E-state index in [-0.39, 0.29) is 5.41 Å². The average molecular weight is 224 g/mol. The maximum Gasteiger partial charge on any atom is 0.309 e. The van der Waals surface area contributed by atoms with Gasteiger partial charge in [-0.25, -0.2) is 0 Å². The fraction of sp³-hybridized carbons (Fsp3) is 0.929. The summed E-state index contributed by atoms with van der Waals surface area (Å²) in [4.78, 5) is 11.4. The predicted octanol–water partition coefficient (Wildman–Crippen LogP) is 3.56. The zero-order chi connectivity index (χ0) is 12.4. The summed E-state index contributed by atoms with van der Waals surface area (Å²) in [6, 6.07) is 0. The molecule has 2 fully saturated rings. The van der Waals surface area contributed by atoms with Gasteiger partial charge in [0.15, 0.2) is 0 Å². The van der Waals surface area contributed by atoms with Gasteiger partial charge in [0.05, 0.1) is 5.41 Å². The third-order valence-corrected chi connectivity index (χ3v) is 6.22. The van der Waals surface area contributed by atoms with Gasteiger partial charge in [0.25, 0.3) is 0 Å². The van der Waals surface area contributed by atoms with Gasteiger partial charge in [-0.15, -0.1) is 0 Å². The highest BCUT2D eigenvalue weighted by Crippen LogP contribution is 2.71. The Kier molecular flexibility index (Phi) is 2.26. The zero-order valence-electron chi connectivity index (χ0n) is 11.1. The lowest BCUT2D eigenvalue weighted by Gasteiger charge is -2.44. The van der Waals surface area contributed by atoms with Crippen molar-refractivity contribution in [2.24, 2.45) is 28.1 Å². The molecule has 0 aromatic rings. The van der Waals surface area contributed by atoms with Crippen LogP contribution in [0.2, 0.25) is 0 Å². The lowest BCUT2D eigenvalue weighted by atomic mass is 9.59. The molecule has 0 amide bonds. The van der Waals surface area contributed by atoms with Crippen molar-refractivity contribution in [3.05, 3.63) is 0 Å². The van der Waals surface area contributed by atoms with Crippen LogP contribution < -0.4 is 0 Å². The smallest absolute Gasteiger partial charge is 0.309 e. The second kappa shape index (κ2) is 3.02. The molecule has 1 N–H and O–H groups in total. The van der Waals surface area contributed by atoms with Crippen LogP contribution in [-0.4, -0.2) is 11.1 Å². The van der Waals surface area contributed by atoms with Gasteiger partial charge in [-0.1, -0.05) is 20.8 Å². The standard InChI is InChI=1S/C14H24O2/c1-12(2,11(15)16)10-8-9-6-7-14(10,5)13(9,3)4/h9-10H,6-8H2,1-5H3,(H,15,16)/t9-,10?,14?/m0/s1. The summed E-state index contributed by atoms with van der Waals surface area (Å²) < 4.78 is 0. The maximum absolute atomic E-state index is 11.4. The van der Waals surface area contributed by atoms with Crippen LogP contribution in [0.4, 0.5) is 0 Å². The molecule has 0 aromatic heterocycles. The molecule has 2 heteroatoms. The lowest BCUT2D eigenvalue weighted by Crippen LogP contribution is -2.43. The van der Waals surface area contributed by atoms with Crippen molar-refractivity contribution in [2.45, 2.75) is 53.9 Å². The molecule has 2 unspecified atom stereocenters. The van der Waals surface area contributed by atoms with E-state index in [2.05, 4.69) is 20.8 Å². The molecule has 92 valence electrons. The number of fused-ring (bicyclic) bond motifs is 2. The van der Waals surface area contributed by atoms with Gasteiger partial charge < -0.3 is 5.11 Å².